The Morgan fingerprint density at radius 2 is 0.875 bits per heavy atom. The Morgan fingerprint density at radius 1 is 0.512 bits per heavy atom. The van der Waals surface area contributed by atoms with E-state index in [1.807, 2.05) is 76.6 Å². The number of allylic oxidation sites excluding steroid dienone is 2. The van der Waals surface area contributed by atoms with Crippen LogP contribution < -0.4 is 0 Å². The molecule has 0 saturated carbocycles. The minimum atomic E-state index is -0.337. The van der Waals surface area contributed by atoms with Gasteiger partial charge in [-0.05, 0) is 95.2 Å². The molecule has 0 fully saturated rings. The number of aliphatic hydroxyl groups excluding tert-OH is 1. The molecule has 7 heteroatoms. The summed E-state index contributed by atoms with van der Waals surface area (Å²) in [7, 11) is 0. The number of thiophene rings is 2. The third-order valence-electron chi connectivity index (χ3n) is 16.5. The van der Waals surface area contributed by atoms with Crippen molar-refractivity contribution in [3.8, 4) is 22.5 Å². The van der Waals surface area contributed by atoms with Crippen LogP contribution in [0.15, 0.2) is 133 Å². The summed E-state index contributed by atoms with van der Waals surface area (Å²) in [6.45, 7) is 34.9. The number of nitrogens with zero attached hydrogens (tertiary/aromatic N) is 2. The molecule has 10 rings (SSSR count). The Morgan fingerprint density at radius 3 is 1.24 bits per heavy atom. The predicted molar refractivity (Wildman–Crippen MR) is 345 cm³/mol. The van der Waals surface area contributed by atoms with Crippen LogP contribution in [-0.4, -0.2) is 20.9 Å². The maximum absolute atomic E-state index is 12.2. The topological polar surface area (TPSA) is 63.1 Å². The van der Waals surface area contributed by atoms with E-state index in [4.69, 9.17) is 9.97 Å². The Labute approximate surface area is 499 Å². The van der Waals surface area contributed by atoms with Crippen molar-refractivity contribution < 1.29 is 30.0 Å². The van der Waals surface area contributed by atoms with Crippen LogP contribution in [0.5, 0.6) is 0 Å². The molecule has 4 nitrogen and oxygen atoms in total. The smallest absolute Gasteiger partial charge is 0.164 e. The number of aliphatic hydroxyl groups is 1. The summed E-state index contributed by atoms with van der Waals surface area (Å²) < 4.78 is 5.33. The zero-order chi connectivity index (χ0) is 57.2. The zero-order valence-corrected chi connectivity index (χ0v) is 54.4. The summed E-state index contributed by atoms with van der Waals surface area (Å²) in [4.78, 5) is 21.9. The standard InChI is InChI=1S/2C29H28NS.C15H28O2.Ir/c2*1-18(2)15-20-10-8-12-23-24-13-14-30-26(28(24)31-27(20)23)21-16-19-9-6-7-11-22(19)25(17-21)29(3,4)5;1-7-14(5,8-2)12(16)11-13(17)15(6,9-3)10-4;/h2*6-14,17-18H,15H2,1-5H3;11,16H,7-10H2,1-6H3;/q2*-1;;/b;;12-11-;. The number of ketones is 1. The fourth-order valence-corrected chi connectivity index (χ4v) is 13.4. The van der Waals surface area contributed by atoms with Crippen LogP contribution in [0.25, 0.3) is 84.4 Å². The molecule has 0 bridgehead atoms. The average Bonchev–Trinajstić information content (AvgIpc) is 4.10. The van der Waals surface area contributed by atoms with Gasteiger partial charge in [0.2, 0.25) is 0 Å². The van der Waals surface area contributed by atoms with Gasteiger partial charge in [0.15, 0.2) is 5.78 Å². The van der Waals surface area contributed by atoms with Gasteiger partial charge in [0.05, 0.1) is 0 Å². The molecule has 0 amide bonds. The normalized spacial score (nSPS) is 12.6. The maximum Gasteiger partial charge on any atom is 0.164 e. The first-order valence-electron chi connectivity index (χ1n) is 28.9. The number of hydrogen-bond donors (Lipinski definition) is 1. The van der Waals surface area contributed by atoms with Crippen molar-refractivity contribution in [3.05, 3.63) is 168 Å². The second kappa shape index (κ2) is 25.3. The van der Waals surface area contributed by atoms with Gasteiger partial charge in [-0.15, -0.1) is 81.0 Å². The minimum absolute atomic E-state index is 0. The molecule has 6 aromatic carbocycles. The number of pyridine rings is 2. The molecule has 10 aromatic rings. The number of rotatable bonds is 13. The van der Waals surface area contributed by atoms with Gasteiger partial charge in [-0.25, -0.2) is 0 Å². The zero-order valence-electron chi connectivity index (χ0n) is 50.4. The van der Waals surface area contributed by atoms with Crippen molar-refractivity contribution in [1.29, 1.82) is 0 Å². The molecular formula is C73H84IrN2O2S2-2. The van der Waals surface area contributed by atoms with Crippen molar-refractivity contribution in [2.45, 2.75) is 160 Å². The summed E-state index contributed by atoms with van der Waals surface area (Å²) >= 11 is 3.78. The van der Waals surface area contributed by atoms with Crippen LogP contribution in [-0.2, 0) is 48.6 Å². The van der Waals surface area contributed by atoms with Crippen molar-refractivity contribution in [2.75, 3.05) is 0 Å². The first kappa shape index (κ1) is 62.0. The summed E-state index contributed by atoms with van der Waals surface area (Å²) in [5.41, 5.74) is 9.33. The maximum atomic E-state index is 12.2. The van der Waals surface area contributed by atoms with Crippen molar-refractivity contribution >= 4 is 90.3 Å². The molecular weight excluding hydrogens is 1190 g/mol. The van der Waals surface area contributed by atoms with E-state index in [2.05, 4.69) is 191 Å². The molecule has 0 aliphatic carbocycles. The van der Waals surface area contributed by atoms with Crippen LogP contribution >= 0.6 is 22.7 Å². The predicted octanol–water partition coefficient (Wildman–Crippen LogP) is 21.8. The first-order valence-corrected chi connectivity index (χ1v) is 30.5. The summed E-state index contributed by atoms with van der Waals surface area (Å²) in [6, 6.07) is 47.0. The molecule has 1 radical (unpaired) electrons. The van der Waals surface area contributed by atoms with Crippen LogP contribution in [0.3, 0.4) is 0 Å². The van der Waals surface area contributed by atoms with E-state index < -0.39 is 0 Å². The number of aromatic nitrogens is 2. The number of fused-ring (bicyclic) bond motifs is 8. The molecule has 0 spiro atoms. The van der Waals surface area contributed by atoms with Crippen LogP contribution in [0.4, 0.5) is 0 Å². The van der Waals surface area contributed by atoms with E-state index in [0.717, 1.165) is 71.8 Å². The number of benzene rings is 6. The van der Waals surface area contributed by atoms with Crippen molar-refractivity contribution in [3.63, 3.8) is 0 Å². The SMILES string of the molecule is CC(C)Cc1cccc2c1sc1c(-c3[c-]c4ccccc4c(C(C)(C)C)c3)nccc12.CC(C)Cc1cccc2c1sc1c(-c3[c-]c4ccccc4c(C(C)(C)C)c3)nccc12.CCC(C)(CC)C(=O)/C=C(\O)C(C)(CC)CC.[Ir]. The van der Waals surface area contributed by atoms with E-state index in [-0.39, 0.29) is 53.3 Å². The summed E-state index contributed by atoms with van der Waals surface area (Å²) in [6.07, 6.45) is 10.9. The van der Waals surface area contributed by atoms with E-state index in [0.29, 0.717) is 11.8 Å². The van der Waals surface area contributed by atoms with Crippen LogP contribution in [0.2, 0.25) is 0 Å². The van der Waals surface area contributed by atoms with Gasteiger partial charge < -0.3 is 5.11 Å². The Balaban J connectivity index is 0.000000181. The fourth-order valence-electron chi connectivity index (χ4n) is 10.8. The third kappa shape index (κ3) is 13.0. The second-order valence-electron chi connectivity index (χ2n) is 25.3. The molecule has 421 valence electrons. The van der Waals surface area contributed by atoms with Gasteiger partial charge in [-0.1, -0.05) is 205 Å². The number of carbonyl (C=O) groups is 1. The largest absolute Gasteiger partial charge is 0.512 e. The molecule has 1 N–H and O–H groups in total. The molecule has 4 heterocycles. The molecule has 80 heavy (non-hydrogen) atoms. The fraction of sp³-hybridized carbons (Fsp3) is 0.384. The number of hydrogen-bond acceptors (Lipinski definition) is 6. The van der Waals surface area contributed by atoms with Gasteiger partial charge in [0.1, 0.15) is 5.76 Å². The van der Waals surface area contributed by atoms with Crippen molar-refractivity contribution in [1.82, 2.24) is 9.97 Å². The quantitative estimate of drug-likeness (QED) is 0.0710. The summed E-state index contributed by atoms with van der Waals surface area (Å²) in [5.74, 6) is 1.56. The van der Waals surface area contributed by atoms with E-state index in [1.54, 1.807) is 0 Å². The van der Waals surface area contributed by atoms with Crippen LogP contribution in [0.1, 0.15) is 159 Å². The van der Waals surface area contributed by atoms with Gasteiger partial charge in [0, 0.05) is 90.4 Å². The summed E-state index contributed by atoms with van der Waals surface area (Å²) in [5, 5.41) is 20.3. The monoisotopic (exact) mass is 1280 g/mol. The molecule has 4 aromatic heterocycles. The van der Waals surface area contributed by atoms with E-state index >= 15 is 0 Å². The second-order valence-corrected chi connectivity index (χ2v) is 27.3. The van der Waals surface area contributed by atoms with E-state index in [1.165, 1.54) is 79.4 Å². The Hall–Kier alpha value is -5.56. The Kier molecular flexibility index (Phi) is 19.6. The molecule has 0 saturated heterocycles. The van der Waals surface area contributed by atoms with Gasteiger partial charge in [-0.3, -0.25) is 14.8 Å². The molecule has 0 unspecified atom stereocenters. The molecule has 0 atom stereocenters. The van der Waals surface area contributed by atoms with Crippen molar-refractivity contribution in [2.24, 2.45) is 22.7 Å². The van der Waals surface area contributed by atoms with Gasteiger partial charge in [0.25, 0.3) is 0 Å². The average molecular weight is 1280 g/mol. The van der Waals surface area contributed by atoms with E-state index in [9.17, 15) is 9.90 Å². The van der Waals surface area contributed by atoms with Gasteiger partial charge in [-0.2, -0.15) is 0 Å². The molecule has 0 aliphatic rings. The van der Waals surface area contributed by atoms with Crippen LogP contribution in [0, 0.1) is 34.8 Å². The molecule has 0 aliphatic heterocycles. The Bertz CT molecular complexity index is 3610. The minimum Gasteiger partial charge on any atom is -0.512 e. The first-order chi connectivity index (χ1) is 37.4. The third-order valence-corrected chi connectivity index (χ3v) is 19.1. The number of carbonyl (C=O) groups excluding carboxylic acids is 1. The van der Waals surface area contributed by atoms with Gasteiger partial charge >= 0.3 is 0 Å².